The maximum absolute atomic E-state index is 8.83. The fraction of sp³-hybridized carbons (Fsp3) is 0.412. The molecule has 0 atom stereocenters. The third-order valence-electron chi connectivity index (χ3n) is 4.73. The number of hydrogen-bond donors (Lipinski definition) is 0. The Labute approximate surface area is 141 Å². The number of pyridine rings is 1. The molecule has 0 aromatic carbocycles. The second-order valence-corrected chi connectivity index (χ2v) is 6.15. The lowest BCUT2D eigenvalue weighted by Gasteiger charge is -2.48. The number of nitriles is 1. The van der Waals surface area contributed by atoms with Crippen molar-refractivity contribution < 1.29 is 0 Å². The lowest BCUT2D eigenvalue weighted by atomic mass is 10.1. The van der Waals surface area contributed by atoms with Gasteiger partial charge in [-0.3, -0.25) is 4.90 Å². The summed E-state index contributed by atoms with van der Waals surface area (Å²) in [5.74, 6) is 1.79. The quantitative estimate of drug-likeness (QED) is 0.826. The van der Waals surface area contributed by atoms with Crippen molar-refractivity contribution in [3.05, 3.63) is 42.4 Å². The molecule has 0 N–H and O–H groups in total. The molecule has 2 aliphatic heterocycles. The summed E-state index contributed by atoms with van der Waals surface area (Å²) in [6, 6.07) is 8.29. The lowest BCUT2D eigenvalue weighted by molar-refractivity contribution is 0.156. The van der Waals surface area contributed by atoms with Crippen LogP contribution >= 0.6 is 0 Å². The predicted octanol–water partition coefficient (Wildman–Crippen LogP) is 0.754. The summed E-state index contributed by atoms with van der Waals surface area (Å²) in [5.41, 5.74) is 0.607. The van der Waals surface area contributed by atoms with E-state index in [1.54, 1.807) is 18.6 Å². The molecular formula is C17H19N7. The van der Waals surface area contributed by atoms with Crippen molar-refractivity contribution in [1.29, 1.82) is 5.26 Å². The second kappa shape index (κ2) is 6.42. The van der Waals surface area contributed by atoms with Crippen LogP contribution in [0.3, 0.4) is 0 Å². The fourth-order valence-electron chi connectivity index (χ4n) is 3.25. The predicted molar refractivity (Wildman–Crippen MR) is 90.8 cm³/mol. The van der Waals surface area contributed by atoms with E-state index in [2.05, 4.69) is 35.7 Å². The fourth-order valence-corrected chi connectivity index (χ4v) is 3.25. The van der Waals surface area contributed by atoms with E-state index in [0.29, 0.717) is 11.6 Å². The Hall–Kier alpha value is -2.72. The Bertz CT molecular complexity index is 711. The Morgan fingerprint density at radius 3 is 2.33 bits per heavy atom. The van der Waals surface area contributed by atoms with Crippen LogP contribution in [0.2, 0.25) is 0 Å². The number of piperazine rings is 1. The molecule has 2 aromatic rings. The number of aromatic nitrogens is 3. The average molecular weight is 321 g/mol. The Kier molecular flexibility index (Phi) is 3.97. The van der Waals surface area contributed by atoms with Gasteiger partial charge in [0, 0.05) is 63.9 Å². The van der Waals surface area contributed by atoms with Gasteiger partial charge >= 0.3 is 0 Å². The van der Waals surface area contributed by atoms with Gasteiger partial charge in [-0.15, -0.1) is 0 Å². The molecule has 0 saturated carbocycles. The van der Waals surface area contributed by atoms with Crippen molar-refractivity contribution in [3.8, 4) is 6.07 Å². The Balaban J connectivity index is 1.28. The molecule has 122 valence electrons. The zero-order valence-electron chi connectivity index (χ0n) is 13.4. The zero-order chi connectivity index (χ0) is 16.4. The molecule has 2 fully saturated rings. The average Bonchev–Trinajstić information content (AvgIpc) is 2.62. The summed E-state index contributed by atoms with van der Waals surface area (Å²) >= 11 is 0. The summed E-state index contributed by atoms with van der Waals surface area (Å²) in [6.07, 6.45) is 5.23. The van der Waals surface area contributed by atoms with Gasteiger partial charge in [0.1, 0.15) is 11.9 Å². The highest BCUT2D eigenvalue weighted by atomic mass is 15.4. The van der Waals surface area contributed by atoms with Crippen molar-refractivity contribution in [3.63, 3.8) is 0 Å². The molecule has 0 bridgehead atoms. The first-order valence-electron chi connectivity index (χ1n) is 8.20. The summed E-state index contributed by atoms with van der Waals surface area (Å²) < 4.78 is 0. The largest absolute Gasteiger partial charge is 0.353 e. The molecular weight excluding hydrogens is 302 g/mol. The van der Waals surface area contributed by atoms with Crippen molar-refractivity contribution in [2.24, 2.45) is 0 Å². The van der Waals surface area contributed by atoms with Gasteiger partial charge in [0.25, 0.3) is 0 Å². The van der Waals surface area contributed by atoms with Crippen LogP contribution in [-0.2, 0) is 0 Å². The highest BCUT2D eigenvalue weighted by Crippen LogP contribution is 2.23. The number of anilines is 2. The highest BCUT2D eigenvalue weighted by Gasteiger charge is 2.34. The van der Waals surface area contributed by atoms with Crippen molar-refractivity contribution in [1.82, 2.24) is 19.9 Å². The minimum Gasteiger partial charge on any atom is -0.353 e. The van der Waals surface area contributed by atoms with Gasteiger partial charge in [-0.1, -0.05) is 0 Å². The first-order valence-corrected chi connectivity index (χ1v) is 8.20. The number of rotatable bonds is 3. The molecule has 0 aliphatic carbocycles. The van der Waals surface area contributed by atoms with E-state index in [4.69, 9.17) is 5.26 Å². The Morgan fingerprint density at radius 1 is 0.958 bits per heavy atom. The Morgan fingerprint density at radius 2 is 1.71 bits per heavy atom. The SMILES string of the molecule is N#Cc1ccc(N2CC(N3CCN(c4ncccn4)CC3)C2)nc1. The van der Waals surface area contributed by atoms with Crippen molar-refractivity contribution in [2.45, 2.75) is 6.04 Å². The minimum absolute atomic E-state index is 0.585. The third-order valence-corrected chi connectivity index (χ3v) is 4.73. The smallest absolute Gasteiger partial charge is 0.225 e. The van der Waals surface area contributed by atoms with Crippen LogP contribution in [-0.4, -0.2) is 65.2 Å². The monoisotopic (exact) mass is 321 g/mol. The summed E-state index contributed by atoms with van der Waals surface area (Å²) in [7, 11) is 0. The third kappa shape index (κ3) is 2.88. The van der Waals surface area contributed by atoms with Gasteiger partial charge in [-0.2, -0.15) is 5.26 Å². The molecule has 2 aliphatic rings. The van der Waals surface area contributed by atoms with Crippen LogP contribution < -0.4 is 9.80 Å². The second-order valence-electron chi connectivity index (χ2n) is 6.15. The summed E-state index contributed by atoms with van der Waals surface area (Å²) in [4.78, 5) is 20.1. The van der Waals surface area contributed by atoms with E-state index in [-0.39, 0.29) is 0 Å². The number of nitrogens with zero attached hydrogens (tertiary/aromatic N) is 7. The van der Waals surface area contributed by atoms with Gasteiger partial charge in [0.15, 0.2) is 0 Å². The molecule has 0 unspecified atom stereocenters. The summed E-state index contributed by atoms with van der Waals surface area (Å²) in [6.45, 7) is 6.02. The van der Waals surface area contributed by atoms with Gasteiger partial charge in [-0.05, 0) is 18.2 Å². The van der Waals surface area contributed by atoms with E-state index < -0.39 is 0 Å². The molecule has 4 heterocycles. The van der Waals surface area contributed by atoms with Gasteiger partial charge < -0.3 is 9.80 Å². The minimum atomic E-state index is 0.585. The maximum atomic E-state index is 8.83. The first kappa shape index (κ1) is 14.8. The van der Waals surface area contributed by atoms with Gasteiger partial charge in [-0.25, -0.2) is 15.0 Å². The first-order chi connectivity index (χ1) is 11.8. The summed E-state index contributed by atoms with van der Waals surface area (Å²) in [5, 5.41) is 8.83. The van der Waals surface area contributed by atoms with E-state index in [0.717, 1.165) is 51.0 Å². The van der Waals surface area contributed by atoms with E-state index >= 15 is 0 Å². The van der Waals surface area contributed by atoms with Crippen LogP contribution in [0.5, 0.6) is 0 Å². The van der Waals surface area contributed by atoms with Gasteiger partial charge in [0.2, 0.25) is 5.95 Å². The topological polar surface area (TPSA) is 72.2 Å². The maximum Gasteiger partial charge on any atom is 0.225 e. The van der Waals surface area contributed by atoms with Crippen LogP contribution in [0, 0.1) is 11.3 Å². The molecule has 0 spiro atoms. The lowest BCUT2D eigenvalue weighted by Crippen LogP contribution is -2.63. The molecule has 0 amide bonds. The van der Waals surface area contributed by atoms with Gasteiger partial charge in [0.05, 0.1) is 5.56 Å². The zero-order valence-corrected chi connectivity index (χ0v) is 13.4. The van der Waals surface area contributed by atoms with Crippen LogP contribution in [0.15, 0.2) is 36.8 Å². The van der Waals surface area contributed by atoms with E-state index in [1.807, 2.05) is 18.2 Å². The standard InChI is InChI=1S/C17H19N7/c18-10-14-2-3-16(21-11-14)24-12-15(13-24)22-6-8-23(9-7-22)17-19-4-1-5-20-17/h1-5,11,15H,6-9,12-13H2. The highest BCUT2D eigenvalue weighted by molar-refractivity contribution is 5.45. The van der Waals surface area contributed by atoms with Crippen LogP contribution in [0.1, 0.15) is 5.56 Å². The molecule has 24 heavy (non-hydrogen) atoms. The molecule has 7 nitrogen and oxygen atoms in total. The molecule has 0 radical (unpaired) electrons. The van der Waals surface area contributed by atoms with Crippen molar-refractivity contribution in [2.75, 3.05) is 49.1 Å². The van der Waals surface area contributed by atoms with Crippen LogP contribution in [0.25, 0.3) is 0 Å². The molecule has 2 saturated heterocycles. The normalized spacial score (nSPS) is 19.0. The van der Waals surface area contributed by atoms with Crippen LogP contribution in [0.4, 0.5) is 11.8 Å². The molecule has 2 aromatic heterocycles. The van der Waals surface area contributed by atoms with E-state index in [1.165, 1.54) is 0 Å². The van der Waals surface area contributed by atoms with E-state index in [9.17, 15) is 0 Å². The number of hydrogen-bond acceptors (Lipinski definition) is 7. The molecule has 4 rings (SSSR count). The van der Waals surface area contributed by atoms with Crippen molar-refractivity contribution >= 4 is 11.8 Å². The molecule has 7 heteroatoms.